The molecule has 1 N–H and O–H groups in total. The van der Waals surface area contributed by atoms with Crippen LogP contribution in [0.3, 0.4) is 0 Å². The minimum absolute atomic E-state index is 0.125. The number of hydrogen-bond acceptors (Lipinski definition) is 2. The Bertz CT molecular complexity index is 398. The maximum atomic E-state index is 12.3. The molecule has 0 amide bonds. The molecule has 0 radical (unpaired) electrons. The van der Waals surface area contributed by atoms with Gasteiger partial charge in [0.1, 0.15) is 6.61 Å². The van der Waals surface area contributed by atoms with Gasteiger partial charge in [0.25, 0.3) is 0 Å². The van der Waals surface area contributed by atoms with Crippen molar-refractivity contribution in [2.45, 2.75) is 18.9 Å². The third kappa shape index (κ3) is 6.76. The van der Waals surface area contributed by atoms with Crippen molar-refractivity contribution in [1.29, 1.82) is 0 Å². The van der Waals surface area contributed by atoms with E-state index in [1.54, 1.807) is 0 Å². The van der Waals surface area contributed by atoms with E-state index < -0.39 is 24.5 Å². The van der Waals surface area contributed by atoms with E-state index >= 15 is 0 Å². The Morgan fingerprint density at radius 3 is 2.05 bits per heavy atom. The summed E-state index contributed by atoms with van der Waals surface area (Å²) in [5.74, 6) is 0. The Morgan fingerprint density at radius 2 is 1.55 bits per heavy atom. The zero-order valence-corrected chi connectivity index (χ0v) is 10.3. The molecule has 114 valence electrons. The first kappa shape index (κ1) is 16.8. The van der Waals surface area contributed by atoms with Crippen LogP contribution in [0.4, 0.5) is 26.3 Å². The summed E-state index contributed by atoms with van der Waals surface area (Å²) in [5.41, 5.74) is -0.136. The molecule has 0 spiro atoms. The lowest BCUT2D eigenvalue weighted by molar-refractivity contribution is -0.173. The zero-order chi connectivity index (χ0) is 15.2. The molecule has 0 saturated heterocycles. The smallest absolute Gasteiger partial charge is 0.371 e. The van der Waals surface area contributed by atoms with E-state index in [1.165, 1.54) is 12.1 Å². The van der Waals surface area contributed by atoms with Crippen molar-refractivity contribution in [3.8, 4) is 0 Å². The second kappa shape index (κ2) is 6.94. The minimum atomic E-state index is -4.38. The van der Waals surface area contributed by atoms with Crippen LogP contribution in [0.1, 0.15) is 11.1 Å². The van der Waals surface area contributed by atoms with Gasteiger partial charge in [-0.15, -0.1) is 0 Å². The molecule has 1 aromatic rings. The van der Waals surface area contributed by atoms with Gasteiger partial charge >= 0.3 is 12.4 Å². The predicted octanol–water partition coefficient (Wildman–Crippen LogP) is 3.37. The van der Waals surface area contributed by atoms with Gasteiger partial charge in [0, 0.05) is 13.1 Å². The average molecular weight is 301 g/mol. The van der Waals surface area contributed by atoms with Gasteiger partial charge in [0.15, 0.2) is 0 Å². The maximum Gasteiger partial charge on any atom is 0.416 e. The molecule has 1 aromatic carbocycles. The van der Waals surface area contributed by atoms with Crippen molar-refractivity contribution >= 4 is 0 Å². The Hall–Kier alpha value is -1.28. The summed E-state index contributed by atoms with van der Waals surface area (Å²) in [6.07, 6.45) is -8.73. The van der Waals surface area contributed by atoms with E-state index in [2.05, 4.69) is 10.1 Å². The van der Waals surface area contributed by atoms with Crippen LogP contribution in [-0.4, -0.2) is 25.9 Å². The van der Waals surface area contributed by atoms with Crippen LogP contribution in [-0.2, 0) is 17.5 Å². The molecule has 2 nitrogen and oxygen atoms in total. The van der Waals surface area contributed by atoms with E-state index in [9.17, 15) is 26.3 Å². The van der Waals surface area contributed by atoms with Gasteiger partial charge in [-0.3, -0.25) is 0 Å². The van der Waals surface area contributed by atoms with Crippen molar-refractivity contribution in [3.05, 3.63) is 35.4 Å². The van der Waals surface area contributed by atoms with E-state index in [0.29, 0.717) is 5.56 Å². The first-order valence-corrected chi connectivity index (χ1v) is 5.70. The van der Waals surface area contributed by atoms with Gasteiger partial charge in [-0.25, -0.2) is 0 Å². The molecule has 1 rings (SSSR count). The first-order valence-electron chi connectivity index (χ1n) is 5.70. The van der Waals surface area contributed by atoms with Crippen LogP contribution in [0, 0.1) is 0 Å². The molecule has 0 aliphatic rings. The standard InChI is InChI=1S/C12H13F6NO/c13-11(14,15)8-20-6-5-19-7-9-1-3-10(4-2-9)12(16,17)18/h1-4,19H,5-8H2. The van der Waals surface area contributed by atoms with Gasteiger partial charge in [-0.2, -0.15) is 26.3 Å². The van der Waals surface area contributed by atoms with Crippen molar-refractivity contribution in [2.75, 3.05) is 19.8 Å². The Kier molecular flexibility index (Phi) is 5.82. The van der Waals surface area contributed by atoms with Crippen molar-refractivity contribution in [2.24, 2.45) is 0 Å². The van der Waals surface area contributed by atoms with Crippen LogP contribution >= 0.6 is 0 Å². The van der Waals surface area contributed by atoms with Gasteiger partial charge in [0.2, 0.25) is 0 Å². The highest BCUT2D eigenvalue weighted by Crippen LogP contribution is 2.28. The molecule has 0 saturated carbocycles. The Balaban J connectivity index is 2.23. The predicted molar refractivity (Wildman–Crippen MR) is 60.0 cm³/mol. The molecule has 8 heteroatoms. The fourth-order valence-electron chi connectivity index (χ4n) is 1.38. The number of alkyl halides is 6. The first-order chi connectivity index (χ1) is 9.18. The largest absolute Gasteiger partial charge is 0.416 e. The number of hydrogen-bond donors (Lipinski definition) is 1. The number of rotatable bonds is 6. The summed E-state index contributed by atoms with van der Waals surface area (Å²) in [4.78, 5) is 0. The average Bonchev–Trinajstić information content (AvgIpc) is 2.32. The highest BCUT2D eigenvalue weighted by Gasteiger charge is 2.29. The Morgan fingerprint density at radius 1 is 0.950 bits per heavy atom. The molecule has 0 unspecified atom stereocenters. The molecule has 0 fully saturated rings. The van der Waals surface area contributed by atoms with Gasteiger partial charge in [0.05, 0.1) is 12.2 Å². The van der Waals surface area contributed by atoms with Crippen LogP contribution in [0.2, 0.25) is 0 Å². The molecule has 0 bridgehead atoms. The molecule has 0 atom stereocenters. The zero-order valence-electron chi connectivity index (χ0n) is 10.3. The second-order valence-corrected chi connectivity index (χ2v) is 4.04. The molecule has 0 heterocycles. The number of nitrogens with one attached hydrogen (secondary N) is 1. The molecule has 0 aromatic heterocycles. The minimum Gasteiger partial charge on any atom is -0.371 e. The van der Waals surface area contributed by atoms with Gasteiger partial charge in [-0.1, -0.05) is 12.1 Å². The summed E-state index contributed by atoms with van der Waals surface area (Å²) in [5, 5.41) is 2.77. The van der Waals surface area contributed by atoms with Crippen molar-refractivity contribution < 1.29 is 31.1 Å². The highest BCUT2D eigenvalue weighted by atomic mass is 19.4. The number of ether oxygens (including phenoxy) is 1. The van der Waals surface area contributed by atoms with Gasteiger partial charge in [-0.05, 0) is 17.7 Å². The van der Waals surface area contributed by atoms with Crippen LogP contribution in [0.15, 0.2) is 24.3 Å². The fourth-order valence-corrected chi connectivity index (χ4v) is 1.38. The normalized spacial score (nSPS) is 12.7. The maximum absolute atomic E-state index is 12.3. The summed E-state index contributed by atoms with van der Waals surface area (Å²) < 4.78 is 76.4. The fraction of sp³-hybridized carbons (Fsp3) is 0.500. The second-order valence-electron chi connectivity index (χ2n) is 4.04. The molecule has 20 heavy (non-hydrogen) atoms. The summed E-state index contributed by atoms with van der Waals surface area (Å²) in [7, 11) is 0. The van der Waals surface area contributed by atoms with E-state index in [4.69, 9.17) is 0 Å². The lowest BCUT2D eigenvalue weighted by Gasteiger charge is -2.09. The summed E-state index contributed by atoms with van der Waals surface area (Å²) in [6, 6.07) is 4.53. The van der Waals surface area contributed by atoms with Crippen LogP contribution in [0.25, 0.3) is 0 Å². The summed E-state index contributed by atoms with van der Waals surface area (Å²) in [6.45, 7) is -1.00. The van der Waals surface area contributed by atoms with Crippen molar-refractivity contribution in [3.63, 3.8) is 0 Å². The number of benzene rings is 1. The topological polar surface area (TPSA) is 21.3 Å². The quantitative estimate of drug-likeness (QED) is 0.642. The lowest BCUT2D eigenvalue weighted by atomic mass is 10.1. The van der Waals surface area contributed by atoms with Crippen LogP contribution in [0.5, 0.6) is 0 Å². The molecular formula is C12H13F6NO. The highest BCUT2D eigenvalue weighted by molar-refractivity contribution is 5.24. The SMILES string of the molecule is FC(F)(F)COCCNCc1ccc(C(F)(F)F)cc1. The molecular weight excluding hydrogens is 288 g/mol. The van der Waals surface area contributed by atoms with Crippen LogP contribution < -0.4 is 5.32 Å². The monoisotopic (exact) mass is 301 g/mol. The molecule has 0 aliphatic heterocycles. The van der Waals surface area contributed by atoms with E-state index in [0.717, 1.165) is 12.1 Å². The Labute approximate surface area is 111 Å². The van der Waals surface area contributed by atoms with E-state index in [1.807, 2.05) is 0 Å². The summed E-state index contributed by atoms with van der Waals surface area (Å²) >= 11 is 0. The number of halogens is 6. The third-order valence-corrected chi connectivity index (χ3v) is 2.30. The van der Waals surface area contributed by atoms with E-state index in [-0.39, 0.29) is 19.7 Å². The third-order valence-electron chi connectivity index (χ3n) is 2.30. The van der Waals surface area contributed by atoms with Gasteiger partial charge < -0.3 is 10.1 Å². The lowest BCUT2D eigenvalue weighted by Crippen LogP contribution is -2.23. The van der Waals surface area contributed by atoms with Crippen molar-refractivity contribution in [1.82, 2.24) is 5.32 Å². The molecule has 0 aliphatic carbocycles.